The fourth-order valence-corrected chi connectivity index (χ4v) is 3.12. The Hall–Kier alpha value is -1.92. The molecular formula is C17H23N3O3. The molecule has 3 rings (SSSR count). The summed E-state index contributed by atoms with van der Waals surface area (Å²) in [4.78, 5) is 28.5. The lowest BCUT2D eigenvalue weighted by Gasteiger charge is -2.39. The highest BCUT2D eigenvalue weighted by Crippen LogP contribution is 2.18. The first-order valence-electron chi connectivity index (χ1n) is 8.10. The quantitative estimate of drug-likeness (QED) is 0.873. The summed E-state index contributed by atoms with van der Waals surface area (Å²) in [5.41, 5.74) is 6.91. The Morgan fingerprint density at radius 1 is 1.22 bits per heavy atom. The highest BCUT2D eigenvalue weighted by Gasteiger charge is 2.37. The van der Waals surface area contributed by atoms with Gasteiger partial charge in [0.05, 0.1) is 6.61 Å². The average Bonchev–Trinajstić information content (AvgIpc) is 2.58. The molecule has 2 aliphatic rings. The number of amides is 2. The number of nitrogens with zero attached hydrogens (tertiary/aromatic N) is 2. The van der Waals surface area contributed by atoms with Crippen LogP contribution in [0.3, 0.4) is 0 Å². The van der Waals surface area contributed by atoms with Crippen molar-refractivity contribution in [3.8, 4) is 0 Å². The zero-order valence-corrected chi connectivity index (χ0v) is 13.2. The maximum absolute atomic E-state index is 12.8. The minimum absolute atomic E-state index is 0.0270. The van der Waals surface area contributed by atoms with Gasteiger partial charge in [-0.2, -0.15) is 0 Å². The Labute approximate surface area is 136 Å². The minimum Gasteiger partial charge on any atom is -0.369 e. The van der Waals surface area contributed by atoms with Crippen LogP contribution in [0.1, 0.15) is 18.4 Å². The summed E-state index contributed by atoms with van der Waals surface area (Å²) in [5, 5.41) is 0. The average molecular weight is 317 g/mol. The van der Waals surface area contributed by atoms with E-state index in [1.165, 1.54) is 0 Å². The van der Waals surface area contributed by atoms with Crippen LogP contribution in [-0.4, -0.2) is 60.0 Å². The number of carbonyl (C=O) groups excluding carboxylic acids is 2. The van der Waals surface area contributed by atoms with Crippen LogP contribution >= 0.6 is 0 Å². The number of hydrogen-bond acceptors (Lipinski definition) is 4. The summed E-state index contributed by atoms with van der Waals surface area (Å²) in [5.74, 6) is -0.159. The molecule has 6 heteroatoms. The zero-order chi connectivity index (χ0) is 16.2. The van der Waals surface area contributed by atoms with E-state index in [0.29, 0.717) is 19.6 Å². The Bertz CT molecular complexity index is 555. The van der Waals surface area contributed by atoms with E-state index in [1.807, 2.05) is 35.2 Å². The van der Waals surface area contributed by atoms with Crippen molar-refractivity contribution in [3.05, 3.63) is 35.9 Å². The fourth-order valence-electron chi connectivity index (χ4n) is 3.12. The van der Waals surface area contributed by atoms with Gasteiger partial charge >= 0.3 is 0 Å². The number of rotatable bonds is 3. The molecule has 0 radical (unpaired) electrons. The van der Waals surface area contributed by atoms with Gasteiger partial charge in [0, 0.05) is 25.7 Å². The van der Waals surface area contributed by atoms with Crippen LogP contribution in [0.25, 0.3) is 0 Å². The number of nitrogens with two attached hydrogens (primary N) is 1. The lowest BCUT2D eigenvalue weighted by Crippen LogP contribution is -2.58. The number of carbonyl (C=O) groups is 2. The van der Waals surface area contributed by atoms with Crippen LogP contribution < -0.4 is 5.73 Å². The van der Waals surface area contributed by atoms with Gasteiger partial charge in [-0.3, -0.25) is 9.59 Å². The summed E-state index contributed by atoms with van der Waals surface area (Å²) in [6.45, 7) is 2.06. The van der Waals surface area contributed by atoms with Crippen molar-refractivity contribution in [2.75, 3.05) is 26.3 Å². The Morgan fingerprint density at radius 3 is 2.61 bits per heavy atom. The first-order valence-corrected chi connectivity index (χ1v) is 8.10. The molecule has 2 heterocycles. The van der Waals surface area contributed by atoms with E-state index in [9.17, 15) is 9.59 Å². The summed E-state index contributed by atoms with van der Waals surface area (Å²) >= 11 is 0. The maximum atomic E-state index is 12.8. The molecule has 2 saturated heterocycles. The van der Waals surface area contributed by atoms with E-state index >= 15 is 0 Å². The molecule has 2 aliphatic heterocycles. The second-order valence-corrected chi connectivity index (χ2v) is 6.20. The monoisotopic (exact) mass is 317 g/mol. The SMILES string of the molecule is NC1CCN(C(=O)[C@H]2COCC(=O)N2Cc2ccccc2)CC1. The molecule has 124 valence electrons. The fraction of sp³-hybridized carbons (Fsp3) is 0.529. The molecule has 6 nitrogen and oxygen atoms in total. The minimum atomic E-state index is -0.536. The molecule has 2 amide bonds. The van der Waals surface area contributed by atoms with Crippen molar-refractivity contribution in [3.63, 3.8) is 0 Å². The van der Waals surface area contributed by atoms with Crippen LogP contribution in [0.15, 0.2) is 30.3 Å². The van der Waals surface area contributed by atoms with Crippen molar-refractivity contribution in [1.82, 2.24) is 9.80 Å². The van der Waals surface area contributed by atoms with Crippen molar-refractivity contribution in [1.29, 1.82) is 0 Å². The van der Waals surface area contributed by atoms with E-state index in [4.69, 9.17) is 10.5 Å². The van der Waals surface area contributed by atoms with E-state index < -0.39 is 6.04 Å². The lowest BCUT2D eigenvalue weighted by molar-refractivity contribution is -0.160. The summed E-state index contributed by atoms with van der Waals surface area (Å²) in [6, 6.07) is 9.36. The van der Waals surface area contributed by atoms with Gasteiger partial charge in [0.1, 0.15) is 12.6 Å². The smallest absolute Gasteiger partial charge is 0.249 e. The number of hydrogen-bond donors (Lipinski definition) is 1. The molecule has 0 saturated carbocycles. The van der Waals surface area contributed by atoms with E-state index in [-0.39, 0.29) is 31.1 Å². The van der Waals surface area contributed by atoms with Crippen LogP contribution in [0.5, 0.6) is 0 Å². The summed E-state index contributed by atoms with van der Waals surface area (Å²) < 4.78 is 5.33. The first-order chi connectivity index (χ1) is 11.1. The van der Waals surface area contributed by atoms with E-state index in [0.717, 1.165) is 18.4 Å². The second kappa shape index (κ2) is 7.10. The molecule has 2 fully saturated rings. The molecule has 2 N–H and O–H groups in total. The van der Waals surface area contributed by atoms with Gasteiger partial charge in [-0.05, 0) is 18.4 Å². The molecule has 0 unspecified atom stereocenters. The molecule has 0 aromatic heterocycles. The number of morpholine rings is 1. The van der Waals surface area contributed by atoms with Gasteiger partial charge in [0.2, 0.25) is 11.8 Å². The third kappa shape index (κ3) is 3.71. The Morgan fingerprint density at radius 2 is 1.91 bits per heavy atom. The van der Waals surface area contributed by atoms with Crippen LogP contribution in [0, 0.1) is 0 Å². The van der Waals surface area contributed by atoms with Crippen molar-refractivity contribution >= 4 is 11.8 Å². The molecular weight excluding hydrogens is 294 g/mol. The molecule has 1 aromatic rings. The normalized spacial score (nSPS) is 23.2. The van der Waals surface area contributed by atoms with Gasteiger partial charge in [0.25, 0.3) is 0 Å². The zero-order valence-electron chi connectivity index (χ0n) is 13.2. The number of piperidine rings is 1. The second-order valence-electron chi connectivity index (χ2n) is 6.20. The van der Waals surface area contributed by atoms with Gasteiger partial charge in [-0.25, -0.2) is 0 Å². The van der Waals surface area contributed by atoms with Crippen LogP contribution in [0.4, 0.5) is 0 Å². The highest BCUT2D eigenvalue weighted by atomic mass is 16.5. The van der Waals surface area contributed by atoms with Gasteiger partial charge in [-0.15, -0.1) is 0 Å². The Balaban J connectivity index is 1.72. The summed E-state index contributed by atoms with van der Waals surface area (Å²) in [7, 11) is 0. The molecule has 0 spiro atoms. The van der Waals surface area contributed by atoms with Gasteiger partial charge in [-0.1, -0.05) is 30.3 Å². The third-order valence-electron chi connectivity index (χ3n) is 4.53. The third-order valence-corrected chi connectivity index (χ3v) is 4.53. The molecule has 1 atom stereocenters. The molecule has 23 heavy (non-hydrogen) atoms. The number of ether oxygens (including phenoxy) is 1. The number of likely N-dealkylation sites (tertiary alicyclic amines) is 1. The highest BCUT2D eigenvalue weighted by molar-refractivity contribution is 5.89. The molecule has 1 aromatic carbocycles. The number of benzene rings is 1. The predicted octanol–water partition coefficient (Wildman–Crippen LogP) is 0.364. The van der Waals surface area contributed by atoms with Crippen LogP contribution in [-0.2, 0) is 20.9 Å². The molecule has 0 bridgehead atoms. The standard InChI is InChI=1S/C17H23N3O3/c18-14-6-8-19(9-7-14)17(22)15-11-23-12-16(21)20(15)10-13-4-2-1-3-5-13/h1-5,14-15H,6-12,18H2/t15-/m1/s1. The van der Waals surface area contributed by atoms with Gasteiger partial charge in [0.15, 0.2) is 0 Å². The molecule has 0 aliphatic carbocycles. The summed E-state index contributed by atoms with van der Waals surface area (Å²) in [6.07, 6.45) is 1.62. The van der Waals surface area contributed by atoms with Crippen molar-refractivity contribution < 1.29 is 14.3 Å². The van der Waals surface area contributed by atoms with Crippen molar-refractivity contribution in [2.45, 2.75) is 31.5 Å². The topological polar surface area (TPSA) is 75.9 Å². The van der Waals surface area contributed by atoms with Gasteiger partial charge < -0.3 is 20.3 Å². The lowest BCUT2D eigenvalue weighted by atomic mass is 10.0. The van der Waals surface area contributed by atoms with Crippen molar-refractivity contribution in [2.24, 2.45) is 5.73 Å². The van der Waals surface area contributed by atoms with Crippen LogP contribution in [0.2, 0.25) is 0 Å². The van der Waals surface area contributed by atoms with E-state index in [2.05, 4.69) is 0 Å². The predicted molar refractivity (Wildman–Crippen MR) is 85.4 cm³/mol. The maximum Gasteiger partial charge on any atom is 0.249 e. The first kappa shape index (κ1) is 16.0. The largest absolute Gasteiger partial charge is 0.369 e. The van der Waals surface area contributed by atoms with E-state index in [1.54, 1.807) is 4.90 Å². The Kier molecular flexibility index (Phi) is 4.93.